The summed E-state index contributed by atoms with van der Waals surface area (Å²) < 4.78 is 0. The van der Waals surface area contributed by atoms with E-state index in [1.165, 1.54) is 11.1 Å². The standard InChI is InChI=1S/C15H22N2O/c1-12-7-3-4-8-14(12)13(2)16-11-15(18)17-9-5-6-10-17/h3-4,7-8,13,16H,5-6,9-11H2,1-2H3/t13-/m0/s1. The Morgan fingerprint density at radius 2 is 2.00 bits per heavy atom. The number of nitrogens with one attached hydrogen (secondary N) is 1. The molecule has 1 aromatic rings. The summed E-state index contributed by atoms with van der Waals surface area (Å²) in [5.74, 6) is 0.230. The Morgan fingerprint density at radius 3 is 2.67 bits per heavy atom. The second-order valence-electron chi connectivity index (χ2n) is 5.05. The zero-order valence-corrected chi connectivity index (χ0v) is 11.3. The van der Waals surface area contributed by atoms with Crippen molar-refractivity contribution in [1.82, 2.24) is 10.2 Å². The second-order valence-corrected chi connectivity index (χ2v) is 5.05. The van der Waals surface area contributed by atoms with Gasteiger partial charge in [0.15, 0.2) is 0 Å². The lowest BCUT2D eigenvalue weighted by Gasteiger charge is -2.19. The van der Waals surface area contributed by atoms with Crippen molar-refractivity contribution in [2.45, 2.75) is 32.7 Å². The number of hydrogen-bond acceptors (Lipinski definition) is 2. The maximum absolute atomic E-state index is 11.9. The highest BCUT2D eigenvalue weighted by Crippen LogP contribution is 2.16. The fraction of sp³-hybridized carbons (Fsp3) is 0.533. The third kappa shape index (κ3) is 3.10. The molecule has 0 spiro atoms. The number of carbonyl (C=O) groups excluding carboxylic acids is 1. The van der Waals surface area contributed by atoms with Crippen molar-refractivity contribution < 1.29 is 4.79 Å². The molecule has 1 saturated heterocycles. The van der Waals surface area contributed by atoms with E-state index in [0.29, 0.717) is 6.54 Å². The van der Waals surface area contributed by atoms with Gasteiger partial charge in [0.25, 0.3) is 0 Å². The molecule has 1 atom stereocenters. The largest absolute Gasteiger partial charge is 0.342 e. The van der Waals surface area contributed by atoms with Crippen molar-refractivity contribution in [3.05, 3.63) is 35.4 Å². The van der Waals surface area contributed by atoms with Crippen LogP contribution in [0, 0.1) is 6.92 Å². The second kappa shape index (κ2) is 6.01. The van der Waals surface area contributed by atoms with Gasteiger partial charge in [-0.1, -0.05) is 24.3 Å². The first-order chi connectivity index (χ1) is 8.68. The van der Waals surface area contributed by atoms with E-state index < -0.39 is 0 Å². The first kappa shape index (κ1) is 13.1. The van der Waals surface area contributed by atoms with E-state index in [1.807, 2.05) is 17.0 Å². The van der Waals surface area contributed by atoms with Gasteiger partial charge in [-0.25, -0.2) is 0 Å². The molecular formula is C15H22N2O. The smallest absolute Gasteiger partial charge is 0.236 e. The number of aryl methyl sites for hydroxylation is 1. The molecule has 0 unspecified atom stereocenters. The predicted octanol–water partition coefficient (Wildman–Crippen LogP) is 2.27. The van der Waals surface area contributed by atoms with Crippen LogP contribution in [0.5, 0.6) is 0 Å². The van der Waals surface area contributed by atoms with Crippen LogP contribution in [0.2, 0.25) is 0 Å². The molecule has 1 aliphatic heterocycles. The quantitative estimate of drug-likeness (QED) is 0.884. The molecule has 1 fully saturated rings. The molecule has 3 nitrogen and oxygen atoms in total. The number of likely N-dealkylation sites (tertiary alicyclic amines) is 1. The van der Waals surface area contributed by atoms with Crippen molar-refractivity contribution >= 4 is 5.91 Å². The summed E-state index contributed by atoms with van der Waals surface area (Å²) in [5.41, 5.74) is 2.54. The minimum Gasteiger partial charge on any atom is -0.342 e. The Morgan fingerprint density at radius 1 is 1.33 bits per heavy atom. The average molecular weight is 246 g/mol. The summed E-state index contributed by atoms with van der Waals surface area (Å²) in [6.45, 7) is 6.52. The first-order valence-corrected chi connectivity index (χ1v) is 6.75. The number of benzene rings is 1. The molecule has 1 aliphatic rings. The van der Waals surface area contributed by atoms with Gasteiger partial charge < -0.3 is 10.2 Å². The van der Waals surface area contributed by atoms with Crippen LogP contribution in [-0.4, -0.2) is 30.4 Å². The maximum atomic E-state index is 11.9. The van der Waals surface area contributed by atoms with E-state index in [-0.39, 0.29) is 11.9 Å². The molecule has 3 heteroatoms. The third-order valence-electron chi connectivity index (χ3n) is 3.67. The fourth-order valence-electron chi connectivity index (χ4n) is 2.50. The van der Waals surface area contributed by atoms with E-state index >= 15 is 0 Å². The van der Waals surface area contributed by atoms with Gasteiger partial charge >= 0.3 is 0 Å². The predicted molar refractivity (Wildman–Crippen MR) is 73.4 cm³/mol. The number of hydrogen-bond donors (Lipinski definition) is 1. The van der Waals surface area contributed by atoms with Crippen LogP contribution in [0.15, 0.2) is 24.3 Å². The summed E-state index contributed by atoms with van der Waals surface area (Å²) in [5, 5.41) is 3.33. The normalized spacial score (nSPS) is 16.9. The highest BCUT2D eigenvalue weighted by Gasteiger charge is 2.18. The summed E-state index contributed by atoms with van der Waals surface area (Å²) in [6.07, 6.45) is 2.30. The molecular weight excluding hydrogens is 224 g/mol. The van der Waals surface area contributed by atoms with Crippen molar-refractivity contribution in [1.29, 1.82) is 0 Å². The van der Waals surface area contributed by atoms with Crippen molar-refractivity contribution in [3.8, 4) is 0 Å². The van der Waals surface area contributed by atoms with E-state index in [4.69, 9.17) is 0 Å². The molecule has 1 aromatic carbocycles. The average Bonchev–Trinajstić information content (AvgIpc) is 2.90. The fourth-order valence-corrected chi connectivity index (χ4v) is 2.50. The Kier molecular flexibility index (Phi) is 4.37. The SMILES string of the molecule is Cc1ccccc1[C@H](C)NCC(=O)N1CCCC1. The molecule has 0 aliphatic carbocycles. The van der Waals surface area contributed by atoms with Crippen LogP contribution in [-0.2, 0) is 4.79 Å². The highest BCUT2D eigenvalue weighted by atomic mass is 16.2. The monoisotopic (exact) mass is 246 g/mol. The highest BCUT2D eigenvalue weighted by molar-refractivity contribution is 5.78. The first-order valence-electron chi connectivity index (χ1n) is 6.75. The molecule has 18 heavy (non-hydrogen) atoms. The van der Waals surface area contributed by atoms with Gasteiger partial charge in [-0.3, -0.25) is 4.79 Å². The summed E-state index contributed by atoms with van der Waals surface area (Å²) in [4.78, 5) is 13.9. The van der Waals surface area contributed by atoms with E-state index in [9.17, 15) is 4.79 Å². The number of nitrogens with zero attached hydrogens (tertiary/aromatic N) is 1. The minimum absolute atomic E-state index is 0.220. The number of amides is 1. The molecule has 1 heterocycles. The van der Waals surface area contributed by atoms with Crippen molar-refractivity contribution in [2.24, 2.45) is 0 Å². The lowest BCUT2D eigenvalue weighted by Crippen LogP contribution is -2.37. The van der Waals surface area contributed by atoms with Crippen LogP contribution >= 0.6 is 0 Å². The Balaban J connectivity index is 1.86. The maximum Gasteiger partial charge on any atom is 0.236 e. The third-order valence-corrected chi connectivity index (χ3v) is 3.67. The Bertz CT molecular complexity index is 411. The van der Waals surface area contributed by atoms with E-state index in [1.54, 1.807) is 0 Å². The molecule has 2 rings (SSSR count). The minimum atomic E-state index is 0.220. The molecule has 0 radical (unpaired) electrons. The van der Waals surface area contributed by atoms with Crippen molar-refractivity contribution in [2.75, 3.05) is 19.6 Å². The van der Waals surface area contributed by atoms with Crippen molar-refractivity contribution in [3.63, 3.8) is 0 Å². The van der Waals surface area contributed by atoms with Crippen LogP contribution in [0.3, 0.4) is 0 Å². The van der Waals surface area contributed by atoms with Crippen LogP contribution < -0.4 is 5.32 Å². The molecule has 0 bridgehead atoms. The van der Waals surface area contributed by atoms with Crippen LogP contribution in [0.25, 0.3) is 0 Å². The van der Waals surface area contributed by atoms with Gasteiger partial charge in [0.05, 0.1) is 6.54 Å². The van der Waals surface area contributed by atoms with Crippen LogP contribution in [0.1, 0.15) is 36.9 Å². The van der Waals surface area contributed by atoms with Gasteiger partial charge in [-0.15, -0.1) is 0 Å². The van der Waals surface area contributed by atoms with E-state index in [0.717, 1.165) is 25.9 Å². The zero-order chi connectivity index (χ0) is 13.0. The van der Waals surface area contributed by atoms with Gasteiger partial charge in [0.1, 0.15) is 0 Å². The zero-order valence-electron chi connectivity index (χ0n) is 11.3. The van der Waals surface area contributed by atoms with E-state index in [2.05, 4.69) is 31.3 Å². The lowest BCUT2D eigenvalue weighted by atomic mass is 10.0. The molecule has 1 N–H and O–H groups in total. The summed E-state index contributed by atoms with van der Waals surface area (Å²) in [6, 6.07) is 8.53. The molecule has 0 saturated carbocycles. The molecule has 98 valence electrons. The Labute approximate surface area is 109 Å². The number of rotatable bonds is 4. The van der Waals surface area contributed by atoms with Crippen LogP contribution in [0.4, 0.5) is 0 Å². The van der Waals surface area contributed by atoms with Gasteiger partial charge in [-0.2, -0.15) is 0 Å². The summed E-state index contributed by atoms with van der Waals surface area (Å²) in [7, 11) is 0. The van der Waals surface area contributed by atoms with Gasteiger partial charge in [-0.05, 0) is 37.8 Å². The molecule has 1 amide bonds. The lowest BCUT2D eigenvalue weighted by molar-refractivity contribution is -0.129. The Hall–Kier alpha value is -1.35. The summed E-state index contributed by atoms with van der Waals surface area (Å²) >= 11 is 0. The molecule has 0 aromatic heterocycles. The van der Waals surface area contributed by atoms with Gasteiger partial charge in [0.2, 0.25) is 5.91 Å². The number of carbonyl (C=O) groups is 1. The topological polar surface area (TPSA) is 32.3 Å². The van der Waals surface area contributed by atoms with Gasteiger partial charge in [0, 0.05) is 19.1 Å².